The summed E-state index contributed by atoms with van der Waals surface area (Å²) in [6.45, 7) is 6.53. The third kappa shape index (κ3) is 4.50. The van der Waals surface area contributed by atoms with Crippen LogP contribution in [-0.2, 0) is 9.59 Å². The molecule has 1 aliphatic rings. The van der Waals surface area contributed by atoms with Crippen molar-refractivity contribution >= 4 is 213 Å². The fourth-order valence-corrected chi connectivity index (χ4v) is 6.04. The van der Waals surface area contributed by atoms with Crippen LogP contribution in [0.3, 0.4) is 0 Å². The van der Waals surface area contributed by atoms with Gasteiger partial charge in [-0.1, -0.05) is 32.8 Å². The zero-order valence-corrected chi connectivity index (χ0v) is 27.1. The number of nitrogens with zero attached hydrogens (tertiary/aromatic N) is 5. The lowest BCUT2D eigenvalue weighted by molar-refractivity contribution is -0.129. The van der Waals surface area contributed by atoms with E-state index in [-0.39, 0.29) is 110 Å². The van der Waals surface area contributed by atoms with Gasteiger partial charge in [-0.05, 0) is 38.5 Å². The lowest BCUT2D eigenvalue weighted by Crippen LogP contribution is -2.55. The van der Waals surface area contributed by atoms with Crippen LogP contribution in [-0.4, -0.2) is 133 Å². The van der Waals surface area contributed by atoms with E-state index in [0.717, 1.165) is 4.90 Å². The third-order valence-corrected chi connectivity index (χ3v) is 9.93. The van der Waals surface area contributed by atoms with Gasteiger partial charge in [0.15, 0.2) is 5.82 Å². The molecule has 5 aromatic rings. The highest BCUT2D eigenvalue weighted by atomic mass is 16.2. The van der Waals surface area contributed by atoms with Crippen molar-refractivity contribution in [3.63, 3.8) is 0 Å². The largest absolute Gasteiger partial charge is 0.279 e. The highest BCUT2D eigenvalue weighted by Crippen LogP contribution is 2.48. The van der Waals surface area contributed by atoms with E-state index in [4.69, 9.17) is 102 Å². The normalized spacial score (nSPS) is 15.6. The maximum Gasteiger partial charge on any atom is 0.244 e. The Morgan fingerprint density at radius 2 is 0.755 bits per heavy atom. The van der Waals surface area contributed by atoms with E-state index >= 15 is 0 Å². The molecule has 1 saturated heterocycles. The summed E-state index contributed by atoms with van der Waals surface area (Å²) in [5.41, 5.74) is -3.29. The first-order valence-corrected chi connectivity index (χ1v) is 14.6. The number of imide groups is 1. The van der Waals surface area contributed by atoms with Crippen LogP contribution in [0.4, 0.5) is 5.95 Å². The van der Waals surface area contributed by atoms with E-state index in [2.05, 4.69) is 15.0 Å². The summed E-state index contributed by atoms with van der Waals surface area (Å²) in [7, 11) is 82.6. The second-order valence-corrected chi connectivity index (χ2v) is 13.0. The number of fused-ring (bicyclic) bond motifs is 3. The standard InChI is InChI=1S/C29H12B13N5O2/c1-28(2)24(48)47(25(49)29(28,3)4)27-44-23(7-10(32)14(36)16(38)15(37)11(7)33)43-26(45-27)46-21-5(8(30)12(34)17(39)19(21)41)6-9(31)13(35)18(40)20(42)22(6)46/h1-4H3. The van der Waals surface area contributed by atoms with Crippen LogP contribution in [0.15, 0.2) is 0 Å². The number of amides is 2. The summed E-state index contributed by atoms with van der Waals surface area (Å²) in [4.78, 5) is 42.5. The van der Waals surface area contributed by atoms with Gasteiger partial charge in [-0.3, -0.25) is 14.2 Å². The van der Waals surface area contributed by atoms with E-state index in [1.165, 1.54) is 4.57 Å². The number of carbonyl (C=O) groups excluding carboxylic acids is 2. The summed E-state index contributed by atoms with van der Waals surface area (Å²) >= 11 is 0. The van der Waals surface area contributed by atoms with Crippen molar-refractivity contribution in [2.24, 2.45) is 10.8 Å². The first kappa shape index (κ1) is 35.3. The summed E-state index contributed by atoms with van der Waals surface area (Å²) in [6.07, 6.45) is 0. The molecule has 49 heavy (non-hydrogen) atoms. The highest BCUT2D eigenvalue weighted by Gasteiger charge is 2.60. The van der Waals surface area contributed by atoms with Gasteiger partial charge in [-0.15, -0.1) is 38.2 Å². The molecule has 0 atom stereocenters. The molecular weight excluding hydrogens is 591 g/mol. The third-order valence-electron chi connectivity index (χ3n) is 9.93. The fourth-order valence-electron chi connectivity index (χ4n) is 6.04. The maximum absolute atomic E-state index is 13.9. The maximum atomic E-state index is 13.9. The van der Waals surface area contributed by atoms with Crippen LogP contribution in [0.2, 0.25) is 0 Å². The molecule has 1 aliphatic heterocycles. The molecule has 3 heterocycles. The van der Waals surface area contributed by atoms with Gasteiger partial charge in [-0.25, -0.2) is 4.90 Å². The van der Waals surface area contributed by atoms with Gasteiger partial charge < -0.3 is 0 Å². The first-order valence-electron chi connectivity index (χ1n) is 14.6. The van der Waals surface area contributed by atoms with Crippen LogP contribution >= 0.6 is 0 Å². The summed E-state index contributed by atoms with van der Waals surface area (Å²) in [5, 5.41) is 0.378. The molecule has 2 amide bonds. The second kappa shape index (κ2) is 11.2. The minimum atomic E-state index is -1.19. The summed E-state index contributed by atoms with van der Waals surface area (Å²) < 4.78 is 1.33. The van der Waals surface area contributed by atoms with Crippen molar-refractivity contribution in [2.75, 3.05) is 4.90 Å². The molecule has 20 heteroatoms. The van der Waals surface area contributed by atoms with Crippen molar-refractivity contribution in [3.8, 4) is 17.3 Å². The molecule has 204 valence electrons. The number of hydrogen-bond acceptors (Lipinski definition) is 5. The molecule has 0 N–H and O–H groups in total. The molecule has 3 aromatic carbocycles. The Morgan fingerprint density at radius 1 is 0.429 bits per heavy atom. The van der Waals surface area contributed by atoms with Gasteiger partial charge in [-0.2, -0.15) is 15.0 Å². The molecule has 0 saturated carbocycles. The molecule has 7 nitrogen and oxygen atoms in total. The molecule has 0 bridgehead atoms. The van der Waals surface area contributed by atoms with Crippen molar-refractivity contribution in [3.05, 3.63) is 0 Å². The number of aromatic nitrogens is 4. The molecule has 6 rings (SSSR count). The Labute approximate surface area is 301 Å². The van der Waals surface area contributed by atoms with Crippen LogP contribution in [0.5, 0.6) is 0 Å². The van der Waals surface area contributed by atoms with Gasteiger partial charge in [0.1, 0.15) is 102 Å². The quantitative estimate of drug-likeness (QED) is 0.151. The van der Waals surface area contributed by atoms with Gasteiger partial charge in [0.25, 0.3) is 0 Å². The van der Waals surface area contributed by atoms with Crippen LogP contribution < -0.4 is 75.9 Å². The summed E-state index contributed by atoms with van der Waals surface area (Å²) in [6, 6.07) is 0. The number of hydrogen-bond donors (Lipinski definition) is 0. The molecule has 0 aliphatic carbocycles. The SMILES string of the molecule is [B]c1c([B])c([B])c(-c2nc(N3C(=O)C(C)(C)C(C)(C)C3=O)nc(-n3c4c([B])c([B])c([B])c([B])c4c4c([B])c([B])c([B])c([B])c43)n2)c([B])c1[B]. The highest BCUT2D eigenvalue weighted by molar-refractivity contribution is 6.72. The zero-order valence-electron chi connectivity index (χ0n) is 27.1. The van der Waals surface area contributed by atoms with Crippen molar-refractivity contribution in [2.45, 2.75) is 27.7 Å². The predicted octanol–water partition coefficient (Wildman–Crippen LogP) is -10.1. The summed E-state index contributed by atoms with van der Waals surface area (Å²) in [5.74, 6) is -2.18. The minimum absolute atomic E-state index is 0.0174. The molecule has 26 radical (unpaired) electrons. The number of carbonyl (C=O) groups is 2. The average molecular weight is 603 g/mol. The molecule has 0 spiro atoms. The minimum Gasteiger partial charge on any atom is -0.279 e. The topological polar surface area (TPSA) is 81.0 Å². The number of rotatable bonds is 3. The Hall–Kier alpha value is -3.55. The lowest BCUT2D eigenvalue weighted by Gasteiger charge is -2.28. The van der Waals surface area contributed by atoms with Crippen molar-refractivity contribution in [1.82, 2.24) is 19.5 Å². The second-order valence-electron chi connectivity index (χ2n) is 13.0. The molecule has 1 fully saturated rings. The number of benzene rings is 3. The van der Waals surface area contributed by atoms with E-state index in [9.17, 15) is 9.59 Å². The van der Waals surface area contributed by atoms with Gasteiger partial charge >= 0.3 is 0 Å². The Kier molecular flexibility index (Phi) is 8.09. The van der Waals surface area contributed by atoms with E-state index in [1.807, 2.05) is 0 Å². The average Bonchev–Trinajstić information content (AvgIpc) is 3.47. The number of anilines is 1. The van der Waals surface area contributed by atoms with Gasteiger partial charge in [0.05, 0.1) is 10.8 Å². The Morgan fingerprint density at radius 3 is 1.16 bits per heavy atom. The lowest BCUT2D eigenvalue weighted by atomic mass is 9.60. The van der Waals surface area contributed by atoms with Crippen LogP contribution in [0.1, 0.15) is 27.7 Å². The predicted molar refractivity (Wildman–Crippen MR) is 210 cm³/mol. The van der Waals surface area contributed by atoms with Gasteiger partial charge in [0.2, 0.25) is 23.7 Å². The van der Waals surface area contributed by atoms with Crippen LogP contribution in [0, 0.1) is 10.8 Å². The van der Waals surface area contributed by atoms with Crippen molar-refractivity contribution in [1.29, 1.82) is 0 Å². The van der Waals surface area contributed by atoms with Crippen molar-refractivity contribution < 1.29 is 9.59 Å². The molecule has 2 aromatic heterocycles. The zero-order chi connectivity index (χ0) is 36.6. The molecule has 0 unspecified atom stereocenters. The molecular formula is C29H12B13N5O2. The monoisotopic (exact) mass is 605 g/mol. The van der Waals surface area contributed by atoms with E-state index in [1.54, 1.807) is 27.7 Å². The fraction of sp³-hybridized carbons (Fsp3) is 0.207. The Balaban J connectivity index is 1.87. The van der Waals surface area contributed by atoms with Gasteiger partial charge in [0, 0.05) is 16.6 Å². The van der Waals surface area contributed by atoms with E-state index in [0.29, 0.717) is 0 Å². The Bertz CT molecular complexity index is 2260. The van der Waals surface area contributed by atoms with Crippen LogP contribution in [0.25, 0.3) is 39.1 Å². The first-order chi connectivity index (χ1) is 22.6. The smallest absolute Gasteiger partial charge is 0.244 e. The van der Waals surface area contributed by atoms with E-state index < -0.39 is 28.6 Å².